The first kappa shape index (κ1) is 34.0. The Morgan fingerprint density at radius 2 is 1.71 bits per heavy atom. The Labute approximate surface area is 277 Å². The summed E-state index contributed by atoms with van der Waals surface area (Å²) in [6.07, 6.45) is 3.16. The van der Waals surface area contributed by atoms with E-state index in [9.17, 15) is 24.8 Å². The maximum atomic E-state index is 16.0. The van der Waals surface area contributed by atoms with Crippen LogP contribution in [0.4, 0.5) is 32.2 Å². The van der Waals surface area contributed by atoms with Gasteiger partial charge in [0.15, 0.2) is 11.6 Å². The van der Waals surface area contributed by atoms with Gasteiger partial charge in [-0.3, -0.25) is 19.8 Å². The molecule has 1 saturated carbocycles. The summed E-state index contributed by atoms with van der Waals surface area (Å²) in [5.74, 6) is -1.49. The van der Waals surface area contributed by atoms with Crippen LogP contribution in [0, 0.1) is 15.9 Å². The van der Waals surface area contributed by atoms with E-state index in [-0.39, 0.29) is 28.4 Å². The number of anilines is 3. The molecule has 0 saturated heterocycles. The second kappa shape index (κ2) is 13.4. The third-order valence-electron chi connectivity index (χ3n) is 8.60. The van der Waals surface area contributed by atoms with E-state index in [2.05, 4.69) is 25.9 Å². The molecule has 0 spiro atoms. The van der Waals surface area contributed by atoms with Gasteiger partial charge >= 0.3 is 6.09 Å². The Bertz CT molecular complexity index is 1840. The highest BCUT2D eigenvalue weighted by molar-refractivity contribution is 6.00. The van der Waals surface area contributed by atoms with Crippen LogP contribution >= 0.6 is 0 Å². The van der Waals surface area contributed by atoms with E-state index in [0.29, 0.717) is 23.9 Å². The minimum Gasteiger partial charge on any atom is -0.465 e. The third kappa shape index (κ3) is 7.29. The van der Waals surface area contributed by atoms with Crippen molar-refractivity contribution < 1.29 is 24.0 Å². The number of halogens is 1. The van der Waals surface area contributed by atoms with Gasteiger partial charge in [0.2, 0.25) is 0 Å². The molecule has 13 heteroatoms. The van der Waals surface area contributed by atoms with Crippen molar-refractivity contribution in [1.82, 2.24) is 20.2 Å². The first-order valence-electron chi connectivity index (χ1n) is 15.8. The highest BCUT2D eigenvalue weighted by atomic mass is 19.1. The van der Waals surface area contributed by atoms with Crippen LogP contribution in [-0.2, 0) is 5.54 Å². The summed E-state index contributed by atoms with van der Waals surface area (Å²) < 4.78 is 16.0. The monoisotopic (exact) mass is 657 g/mol. The van der Waals surface area contributed by atoms with Gasteiger partial charge in [-0.05, 0) is 65.2 Å². The van der Waals surface area contributed by atoms with Gasteiger partial charge < -0.3 is 21.1 Å². The Balaban J connectivity index is 1.54. The molecular formula is C35H40FN7O5. The van der Waals surface area contributed by atoms with Crippen LogP contribution in [-0.4, -0.2) is 54.5 Å². The lowest BCUT2D eigenvalue weighted by atomic mass is 9.86. The molecule has 4 aromatic rings. The number of benzene rings is 2. The van der Waals surface area contributed by atoms with Crippen molar-refractivity contribution in [1.29, 1.82) is 0 Å². The molecule has 48 heavy (non-hydrogen) atoms. The largest absolute Gasteiger partial charge is 0.465 e. The Morgan fingerprint density at radius 1 is 1.00 bits per heavy atom. The minimum absolute atomic E-state index is 0.0186. The van der Waals surface area contributed by atoms with Crippen molar-refractivity contribution in [2.24, 2.45) is 0 Å². The number of fused-ring (bicyclic) bond motifs is 1. The van der Waals surface area contributed by atoms with E-state index in [1.807, 2.05) is 65.0 Å². The standard InChI is InChI=1S/C35H40FN7O5/c1-34(2,3)42(33(45)46)27-16-10-9-15-26(27)39-31-25(36)19-24(32(44)41-35(4,5)22-13-7-6-8-14-22)30(40-31)38-23-18-21-12-11-17-28(43(47)48)29(21)37-20-23/h6-8,11-14,17-20,26-27H,9-10,15-16H2,1-5H3,(H,41,44)(H,45,46)(H2,38,39,40)/t26-,27+/m1/s1. The van der Waals surface area contributed by atoms with E-state index >= 15 is 4.39 Å². The lowest BCUT2D eigenvalue weighted by molar-refractivity contribution is -0.383. The Kier molecular flexibility index (Phi) is 9.51. The number of carbonyl (C=O) groups is 2. The predicted octanol–water partition coefficient (Wildman–Crippen LogP) is 7.59. The molecule has 252 valence electrons. The fourth-order valence-electron chi connectivity index (χ4n) is 6.32. The number of nitrogens with zero attached hydrogens (tertiary/aromatic N) is 4. The molecule has 4 N–H and O–H groups in total. The molecule has 5 rings (SSSR count). The van der Waals surface area contributed by atoms with Crippen molar-refractivity contribution in [3.8, 4) is 0 Å². The van der Waals surface area contributed by atoms with Gasteiger partial charge in [0.1, 0.15) is 11.3 Å². The zero-order chi connectivity index (χ0) is 34.8. The number of pyridine rings is 2. The van der Waals surface area contributed by atoms with E-state index in [0.717, 1.165) is 24.5 Å². The summed E-state index contributed by atoms with van der Waals surface area (Å²) in [6.45, 7) is 9.14. The van der Waals surface area contributed by atoms with Crippen LogP contribution in [0.15, 0.2) is 66.9 Å². The predicted molar refractivity (Wildman–Crippen MR) is 182 cm³/mol. The third-order valence-corrected chi connectivity index (χ3v) is 8.60. The topological polar surface area (TPSA) is 163 Å². The summed E-state index contributed by atoms with van der Waals surface area (Å²) in [4.78, 5) is 47.5. The average molecular weight is 658 g/mol. The maximum Gasteiger partial charge on any atom is 0.408 e. The normalized spacial score (nSPS) is 16.6. The van der Waals surface area contributed by atoms with Crippen molar-refractivity contribution >= 4 is 45.9 Å². The van der Waals surface area contributed by atoms with Gasteiger partial charge in [-0.15, -0.1) is 0 Å². The molecular weight excluding hydrogens is 617 g/mol. The molecule has 1 aliphatic rings. The minimum atomic E-state index is -1.06. The number of carbonyl (C=O) groups excluding carboxylic acids is 1. The Morgan fingerprint density at radius 3 is 2.38 bits per heavy atom. The summed E-state index contributed by atoms with van der Waals surface area (Å²) in [7, 11) is 0. The van der Waals surface area contributed by atoms with Crippen molar-refractivity contribution in [2.75, 3.05) is 10.6 Å². The summed E-state index contributed by atoms with van der Waals surface area (Å²) in [6, 6.07) is 15.8. The average Bonchev–Trinajstić information content (AvgIpc) is 3.02. The van der Waals surface area contributed by atoms with Crippen molar-refractivity contribution in [3.05, 3.63) is 93.9 Å². The number of rotatable bonds is 9. The maximum absolute atomic E-state index is 16.0. The Hall–Kier alpha value is -5.33. The zero-order valence-electron chi connectivity index (χ0n) is 27.6. The van der Waals surface area contributed by atoms with Gasteiger partial charge in [-0.2, -0.15) is 0 Å². The van der Waals surface area contributed by atoms with Gasteiger partial charge in [-0.25, -0.2) is 19.2 Å². The first-order valence-corrected chi connectivity index (χ1v) is 15.8. The zero-order valence-corrected chi connectivity index (χ0v) is 27.6. The smallest absolute Gasteiger partial charge is 0.408 e. The number of nitro benzene ring substituents is 1. The SMILES string of the molecule is CC(C)(NC(=O)c1cc(F)c(N[C@@H]2CCCC[C@@H]2N(C(=O)O)C(C)(C)C)nc1Nc1cnc2c([N+](=O)[O-])cccc2c1)c1ccccc1. The summed E-state index contributed by atoms with van der Waals surface area (Å²) in [5.41, 5.74) is -0.359. The highest BCUT2D eigenvalue weighted by Gasteiger charge is 2.39. The quantitative estimate of drug-likeness (QED) is 0.105. The molecule has 1 aliphatic carbocycles. The number of para-hydroxylation sites is 1. The number of non-ortho nitro benzene ring substituents is 1. The van der Waals surface area contributed by atoms with Crippen molar-refractivity contribution in [2.45, 2.75) is 83.5 Å². The van der Waals surface area contributed by atoms with Gasteiger partial charge in [0.05, 0.1) is 34.0 Å². The lowest BCUT2D eigenvalue weighted by Gasteiger charge is -2.45. The first-order chi connectivity index (χ1) is 22.7. The van der Waals surface area contributed by atoms with Crippen LogP contribution in [0.1, 0.15) is 76.2 Å². The number of hydrogen-bond donors (Lipinski definition) is 4. The van der Waals surface area contributed by atoms with Gasteiger partial charge in [0.25, 0.3) is 11.6 Å². The fourth-order valence-corrected chi connectivity index (χ4v) is 6.32. The van der Waals surface area contributed by atoms with Crippen LogP contribution in [0.5, 0.6) is 0 Å². The van der Waals surface area contributed by atoms with Crippen LogP contribution in [0.3, 0.4) is 0 Å². The molecule has 2 atom stereocenters. The molecule has 2 aromatic heterocycles. The number of nitrogens with one attached hydrogen (secondary N) is 3. The molecule has 1 fully saturated rings. The van der Waals surface area contributed by atoms with E-state index in [1.165, 1.54) is 17.2 Å². The number of aromatic nitrogens is 2. The molecule has 2 aromatic carbocycles. The van der Waals surface area contributed by atoms with E-state index < -0.39 is 45.9 Å². The highest BCUT2D eigenvalue weighted by Crippen LogP contribution is 2.33. The summed E-state index contributed by atoms with van der Waals surface area (Å²) in [5, 5.41) is 31.4. The van der Waals surface area contributed by atoms with Crippen LogP contribution in [0.25, 0.3) is 10.9 Å². The molecule has 0 radical (unpaired) electrons. The summed E-state index contributed by atoms with van der Waals surface area (Å²) >= 11 is 0. The number of amides is 2. The molecule has 0 aliphatic heterocycles. The second-order valence-corrected chi connectivity index (χ2v) is 13.5. The number of hydrogen-bond acceptors (Lipinski definition) is 8. The lowest BCUT2D eigenvalue weighted by Crippen LogP contribution is -2.58. The molecule has 0 bridgehead atoms. The fraction of sp³-hybridized carbons (Fsp3) is 0.371. The molecule has 2 amide bonds. The second-order valence-electron chi connectivity index (χ2n) is 13.5. The number of carboxylic acid groups (broad SMARTS) is 1. The molecule has 12 nitrogen and oxygen atoms in total. The van der Waals surface area contributed by atoms with E-state index in [1.54, 1.807) is 18.2 Å². The van der Waals surface area contributed by atoms with Crippen LogP contribution < -0.4 is 16.0 Å². The molecule has 0 unspecified atom stereocenters. The van der Waals surface area contributed by atoms with Crippen molar-refractivity contribution in [3.63, 3.8) is 0 Å². The van der Waals surface area contributed by atoms with Gasteiger partial charge in [0, 0.05) is 23.0 Å². The van der Waals surface area contributed by atoms with Crippen LogP contribution in [0.2, 0.25) is 0 Å². The van der Waals surface area contributed by atoms with Gasteiger partial charge in [-0.1, -0.05) is 55.3 Å². The van der Waals surface area contributed by atoms with E-state index in [4.69, 9.17) is 0 Å². The number of nitro groups is 1. The molecule has 2 heterocycles.